The molecule has 0 bridgehead atoms. The maximum atomic E-state index is 13.4. The van der Waals surface area contributed by atoms with E-state index >= 15 is 0 Å². The number of halogens is 2. The lowest BCUT2D eigenvalue weighted by atomic mass is 10.2. The van der Waals surface area contributed by atoms with Gasteiger partial charge < -0.3 is 15.6 Å². The first kappa shape index (κ1) is 12.7. The molecule has 1 aromatic carbocycles. The van der Waals surface area contributed by atoms with Crippen LogP contribution >= 0.6 is 0 Å². The van der Waals surface area contributed by atoms with Crippen molar-refractivity contribution in [2.24, 2.45) is 0 Å². The molecule has 0 saturated carbocycles. The van der Waals surface area contributed by atoms with Crippen molar-refractivity contribution in [3.8, 4) is 11.6 Å². The maximum Gasteiger partial charge on any atom is 0.338 e. The minimum Gasteiger partial charge on any atom is -0.478 e. The van der Waals surface area contributed by atoms with E-state index in [0.29, 0.717) is 0 Å². The van der Waals surface area contributed by atoms with Crippen molar-refractivity contribution in [2.75, 3.05) is 5.73 Å². The Morgan fingerprint density at radius 1 is 1.37 bits per heavy atom. The normalized spacial score (nSPS) is 10.2. The lowest BCUT2D eigenvalue weighted by Crippen LogP contribution is -2.04. The van der Waals surface area contributed by atoms with Gasteiger partial charge in [-0.3, -0.25) is 0 Å². The lowest BCUT2D eigenvalue weighted by molar-refractivity contribution is 0.0697. The van der Waals surface area contributed by atoms with Crippen LogP contribution in [0.4, 0.5) is 14.5 Å². The molecule has 98 valence electrons. The number of ether oxygens (including phenoxy) is 1. The molecular formula is C12H8F2N2O3. The topological polar surface area (TPSA) is 85.4 Å². The summed E-state index contributed by atoms with van der Waals surface area (Å²) in [7, 11) is 0. The molecule has 2 rings (SSSR count). The van der Waals surface area contributed by atoms with Gasteiger partial charge in [0.2, 0.25) is 11.7 Å². The molecule has 19 heavy (non-hydrogen) atoms. The zero-order valence-corrected chi connectivity index (χ0v) is 9.43. The summed E-state index contributed by atoms with van der Waals surface area (Å²) in [6.45, 7) is 0. The van der Waals surface area contributed by atoms with Crippen molar-refractivity contribution in [2.45, 2.75) is 0 Å². The van der Waals surface area contributed by atoms with E-state index in [1.54, 1.807) is 0 Å². The highest BCUT2D eigenvalue weighted by atomic mass is 19.2. The molecular weight excluding hydrogens is 258 g/mol. The van der Waals surface area contributed by atoms with E-state index in [9.17, 15) is 13.6 Å². The minimum absolute atomic E-state index is 0.0560. The summed E-state index contributed by atoms with van der Waals surface area (Å²) in [5, 5.41) is 8.86. The van der Waals surface area contributed by atoms with Crippen molar-refractivity contribution >= 4 is 11.7 Å². The summed E-state index contributed by atoms with van der Waals surface area (Å²) in [5.41, 5.74) is 5.11. The quantitative estimate of drug-likeness (QED) is 0.891. The van der Waals surface area contributed by atoms with Crippen LogP contribution in [-0.2, 0) is 0 Å². The van der Waals surface area contributed by atoms with Gasteiger partial charge >= 0.3 is 5.97 Å². The largest absolute Gasteiger partial charge is 0.478 e. The predicted molar refractivity (Wildman–Crippen MR) is 62.0 cm³/mol. The van der Waals surface area contributed by atoms with Gasteiger partial charge in [0.25, 0.3) is 0 Å². The third kappa shape index (κ3) is 2.59. The fourth-order valence-corrected chi connectivity index (χ4v) is 1.36. The molecule has 3 N–H and O–H groups in total. The van der Waals surface area contributed by atoms with E-state index in [-0.39, 0.29) is 17.1 Å². The van der Waals surface area contributed by atoms with Crippen molar-refractivity contribution in [1.29, 1.82) is 0 Å². The van der Waals surface area contributed by atoms with Crippen LogP contribution in [0.5, 0.6) is 11.6 Å². The number of hydrogen-bond acceptors (Lipinski definition) is 4. The number of aromatic carboxylic acids is 1. The Balaban J connectivity index is 2.36. The van der Waals surface area contributed by atoms with Crippen LogP contribution in [0, 0.1) is 11.6 Å². The molecule has 0 atom stereocenters. The van der Waals surface area contributed by atoms with Crippen molar-refractivity contribution < 1.29 is 23.4 Å². The Bertz CT molecular complexity index is 647. The highest BCUT2D eigenvalue weighted by molar-refractivity contribution is 5.93. The molecule has 0 fully saturated rings. The van der Waals surface area contributed by atoms with E-state index in [4.69, 9.17) is 15.6 Å². The van der Waals surface area contributed by atoms with Gasteiger partial charge in [0.05, 0.1) is 17.4 Å². The number of anilines is 1. The predicted octanol–water partition coefficient (Wildman–Crippen LogP) is 2.43. The van der Waals surface area contributed by atoms with Crippen molar-refractivity contribution in [1.82, 2.24) is 4.98 Å². The highest BCUT2D eigenvalue weighted by Crippen LogP contribution is 2.26. The number of benzene rings is 1. The Morgan fingerprint density at radius 3 is 2.79 bits per heavy atom. The van der Waals surface area contributed by atoms with E-state index in [1.807, 2.05) is 0 Å². The molecule has 7 heteroatoms. The first-order chi connectivity index (χ1) is 8.99. The number of nitrogen functional groups attached to an aromatic ring is 1. The Labute approximate surface area is 106 Å². The molecule has 0 aliphatic carbocycles. The average Bonchev–Trinajstić information content (AvgIpc) is 2.37. The molecule has 0 amide bonds. The van der Waals surface area contributed by atoms with E-state index in [2.05, 4.69) is 4.98 Å². The molecule has 0 radical (unpaired) electrons. The summed E-state index contributed by atoms with van der Waals surface area (Å²) >= 11 is 0. The Morgan fingerprint density at radius 2 is 2.11 bits per heavy atom. The highest BCUT2D eigenvalue weighted by Gasteiger charge is 2.14. The van der Waals surface area contributed by atoms with Gasteiger partial charge in [-0.05, 0) is 12.1 Å². The van der Waals surface area contributed by atoms with Gasteiger partial charge in [-0.1, -0.05) is 6.07 Å². The number of nitrogens with zero attached hydrogens (tertiary/aromatic N) is 1. The van der Waals surface area contributed by atoms with Gasteiger partial charge in [-0.15, -0.1) is 0 Å². The van der Waals surface area contributed by atoms with Gasteiger partial charge in [0, 0.05) is 6.07 Å². The lowest BCUT2D eigenvalue weighted by Gasteiger charge is -2.07. The molecule has 1 aromatic heterocycles. The smallest absolute Gasteiger partial charge is 0.338 e. The Kier molecular flexibility index (Phi) is 3.28. The zero-order valence-electron chi connectivity index (χ0n) is 9.43. The van der Waals surface area contributed by atoms with Gasteiger partial charge in [0.15, 0.2) is 11.6 Å². The first-order valence-corrected chi connectivity index (χ1v) is 5.09. The van der Waals surface area contributed by atoms with E-state index in [1.165, 1.54) is 12.1 Å². The molecule has 5 nitrogen and oxygen atoms in total. The third-order valence-corrected chi connectivity index (χ3v) is 2.27. The molecule has 0 aliphatic rings. The summed E-state index contributed by atoms with van der Waals surface area (Å²) in [5.74, 6) is -4.13. The fraction of sp³-hybridized carbons (Fsp3) is 0. The van der Waals surface area contributed by atoms with Crippen molar-refractivity contribution in [3.63, 3.8) is 0 Å². The third-order valence-electron chi connectivity index (χ3n) is 2.27. The summed E-state index contributed by atoms with van der Waals surface area (Å²) in [4.78, 5) is 14.5. The average molecular weight is 266 g/mol. The van der Waals surface area contributed by atoms with E-state index < -0.39 is 23.4 Å². The molecule has 0 spiro atoms. The molecule has 0 saturated heterocycles. The number of carbonyl (C=O) groups is 1. The minimum atomic E-state index is -1.27. The first-order valence-electron chi connectivity index (χ1n) is 5.09. The number of nitrogens with two attached hydrogens (primary N) is 1. The number of hydrogen-bond donors (Lipinski definition) is 2. The van der Waals surface area contributed by atoms with E-state index in [0.717, 1.165) is 18.3 Å². The van der Waals surface area contributed by atoms with Crippen LogP contribution in [0.1, 0.15) is 10.4 Å². The van der Waals surface area contributed by atoms with Crippen LogP contribution in [0.3, 0.4) is 0 Å². The molecule has 1 heterocycles. The van der Waals surface area contributed by atoms with Gasteiger partial charge in [0.1, 0.15) is 0 Å². The van der Waals surface area contributed by atoms with Crippen LogP contribution in [0.2, 0.25) is 0 Å². The maximum absolute atomic E-state index is 13.4. The SMILES string of the molecule is Nc1cnc(Oc2cccc(F)c2F)cc1C(=O)O. The van der Waals surface area contributed by atoms with Gasteiger partial charge in [-0.2, -0.15) is 4.39 Å². The van der Waals surface area contributed by atoms with Crippen LogP contribution in [0.25, 0.3) is 0 Å². The number of rotatable bonds is 3. The number of carboxylic acids is 1. The van der Waals surface area contributed by atoms with Crippen LogP contribution in [-0.4, -0.2) is 16.1 Å². The molecule has 2 aromatic rings. The zero-order chi connectivity index (χ0) is 14.0. The van der Waals surface area contributed by atoms with Crippen LogP contribution in [0.15, 0.2) is 30.5 Å². The number of carboxylic acid groups (broad SMARTS) is 1. The van der Waals surface area contributed by atoms with Crippen molar-refractivity contribution in [3.05, 3.63) is 47.7 Å². The second-order valence-corrected chi connectivity index (χ2v) is 3.57. The van der Waals surface area contributed by atoms with Crippen LogP contribution < -0.4 is 10.5 Å². The Hall–Kier alpha value is -2.70. The summed E-state index contributed by atoms with van der Waals surface area (Å²) in [6, 6.07) is 4.41. The second kappa shape index (κ2) is 4.89. The summed E-state index contributed by atoms with van der Waals surface area (Å²) in [6.07, 6.45) is 1.07. The molecule has 0 aliphatic heterocycles. The second-order valence-electron chi connectivity index (χ2n) is 3.57. The monoisotopic (exact) mass is 266 g/mol. The standard InChI is InChI=1S/C12H8F2N2O3/c13-7-2-1-3-9(11(7)14)19-10-4-6(12(17)18)8(15)5-16-10/h1-5H,15H2,(H,17,18). The van der Waals surface area contributed by atoms with Gasteiger partial charge in [-0.25, -0.2) is 14.2 Å². The molecule has 0 unspecified atom stereocenters. The number of pyridine rings is 1. The number of aromatic nitrogens is 1. The summed E-state index contributed by atoms with van der Waals surface area (Å²) < 4.78 is 31.3. The fourth-order valence-electron chi connectivity index (χ4n) is 1.36.